The SMILES string of the molecule is Cc1noc(-c2ccc(N3CCN(c4ccccc4)CC3)c([N+](=O)[O-])c2)n1. The molecule has 0 bridgehead atoms. The maximum atomic E-state index is 11.6. The third-order valence-corrected chi connectivity index (χ3v) is 4.69. The quantitative estimate of drug-likeness (QED) is 0.518. The fraction of sp³-hybridized carbons (Fsp3) is 0.263. The van der Waals surface area contributed by atoms with E-state index in [0.717, 1.165) is 26.2 Å². The molecule has 0 amide bonds. The second-order valence-corrected chi connectivity index (χ2v) is 6.42. The highest BCUT2D eigenvalue weighted by atomic mass is 16.6. The van der Waals surface area contributed by atoms with Crippen molar-refractivity contribution in [1.29, 1.82) is 0 Å². The van der Waals surface area contributed by atoms with Crippen molar-refractivity contribution in [3.05, 3.63) is 64.5 Å². The van der Waals surface area contributed by atoms with Crippen LogP contribution >= 0.6 is 0 Å². The molecule has 1 fully saturated rings. The van der Waals surface area contributed by atoms with E-state index in [1.54, 1.807) is 19.1 Å². The van der Waals surface area contributed by atoms with Gasteiger partial charge in [-0.15, -0.1) is 0 Å². The molecule has 1 saturated heterocycles. The molecule has 2 aromatic carbocycles. The Labute approximate surface area is 156 Å². The lowest BCUT2D eigenvalue weighted by atomic mass is 10.1. The molecule has 1 aliphatic heterocycles. The Hall–Kier alpha value is -3.42. The van der Waals surface area contributed by atoms with Gasteiger partial charge in [-0.1, -0.05) is 23.4 Å². The van der Waals surface area contributed by atoms with Crippen molar-refractivity contribution in [2.45, 2.75) is 6.92 Å². The Bertz CT molecular complexity index is 949. The Kier molecular flexibility index (Phi) is 4.45. The Balaban J connectivity index is 1.56. The van der Waals surface area contributed by atoms with Crippen molar-refractivity contribution in [2.24, 2.45) is 0 Å². The van der Waals surface area contributed by atoms with Crippen molar-refractivity contribution < 1.29 is 9.45 Å². The lowest BCUT2D eigenvalue weighted by Crippen LogP contribution is -2.46. The van der Waals surface area contributed by atoms with Gasteiger partial charge >= 0.3 is 0 Å². The monoisotopic (exact) mass is 365 g/mol. The lowest BCUT2D eigenvalue weighted by molar-refractivity contribution is -0.384. The van der Waals surface area contributed by atoms with Crippen LogP contribution in [-0.4, -0.2) is 41.2 Å². The second kappa shape index (κ2) is 7.06. The number of nitro benzene ring substituents is 1. The van der Waals surface area contributed by atoms with E-state index in [-0.39, 0.29) is 16.5 Å². The molecule has 4 rings (SSSR count). The number of hydrogen-bond acceptors (Lipinski definition) is 7. The fourth-order valence-electron chi connectivity index (χ4n) is 3.33. The third kappa shape index (κ3) is 3.46. The average Bonchev–Trinajstić information content (AvgIpc) is 3.15. The van der Waals surface area contributed by atoms with Crippen LogP contribution in [0.1, 0.15) is 5.82 Å². The average molecular weight is 365 g/mol. The van der Waals surface area contributed by atoms with E-state index in [9.17, 15) is 10.1 Å². The summed E-state index contributed by atoms with van der Waals surface area (Å²) < 4.78 is 5.13. The number of aromatic nitrogens is 2. The number of aryl methyl sites for hydroxylation is 1. The summed E-state index contributed by atoms with van der Waals surface area (Å²) in [7, 11) is 0. The van der Waals surface area contributed by atoms with Gasteiger partial charge in [0.15, 0.2) is 5.82 Å². The van der Waals surface area contributed by atoms with Gasteiger partial charge in [-0.2, -0.15) is 4.98 Å². The summed E-state index contributed by atoms with van der Waals surface area (Å²) in [5.74, 6) is 0.782. The largest absolute Gasteiger partial charge is 0.368 e. The Morgan fingerprint density at radius 2 is 1.74 bits per heavy atom. The first kappa shape index (κ1) is 17.0. The molecule has 27 heavy (non-hydrogen) atoms. The zero-order chi connectivity index (χ0) is 18.8. The van der Waals surface area contributed by atoms with Gasteiger partial charge in [-0.25, -0.2) is 0 Å². The highest BCUT2D eigenvalue weighted by Gasteiger charge is 2.25. The van der Waals surface area contributed by atoms with Crippen molar-refractivity contribution in [3.8, 4) is 11.5 Å². The molecule has 8 heteroatoms. The van der Waals surface area contributed by atoms with Gasteiger partial charge in [-0.05, 0) is 31.2 Å². The topological polar surface area (TPSA) is 88.5 Å². The molecule has 0 N–H and O–H groups in total. The van der Waals surface area contributed by atoms with Gasteiger partial charge in [-0.3, -0.25) is 10.1 Å². The van der Waals surface area contributed by atoms with E-state index in [1.807, 2.05) is 18.2 Å². The number of anilines is 2. The minimum absolute atomic E-state index is 0.0523. The van der Waals surface area contributed by atoms with Gasteiger partial charge in [0.2, 0.25) is 0 Å². The minimum atomic E-state index is -0.356. The first-order chi connectivity index (χ1) is 13.1. The van der Waals surface area contributed by atoms with Crippen molar-refractivity contribution in [1.82, 2.24) is 10.1 Å². The van der Waals surface area contributed by atoms with E-state index in [0.29, 0.717) is 17.1 Å². The van der Waals surface area contributed by atoms with E-state index < -0.39 is 0 Å². The molecule has 0 saturated carbocycles. The van der Waals surface area contributed by atoms with Crippen molar-refractivity contribution >= 4 is 17.1 Å². The third-order valence-electron chi connectivity index (χ3n) is 4.69. The zero-order valence-electron chi connectivity index (χ0n) is 14.9. The molecular formula is C19H19N5O3. The molecule has 2 heterocycles. The van der Waals surface area contributed by atoms with Crippen LogP contribution in [-0.2, 0) is 0 Å². The molecular weight excluding hydrogens is 346 g/mol. The minimum Gasteiger partial charge on any atom is -0.368 e. The van der Waals surface area contributed by atoms with Crippen LogP contribution in [0, 0.1) is 17.0 Å². The summed E-state index contributed by atoms with van der Waals surface area (Å²) in [5.41, 5.74) is 2.40. The number of hydrogen-bond donors (Lipinski definition) is 0. The van der Waals surface area contributed by atoms with Crippen LogP contribution in [0.15, 0.2) is 53.1 Å². The summed E-state index contributed by atoms with van der Waals surface area (Å²) >= 11 is 0. The number of para-hydroxylation sites is 1. The molecule has 0 atom stereocenters. The summed E-state index contributed by atoms with van der Waals surface area (Å²) in [6.45, 7) is 4.77. The van der Waals surface area contributed by atoms with Crippen LogP contribution < -0.4 is 9.80 Å². The number of nitro groups is 1. The summed E-state index contributed by atoms with van der Waals surface area (Å²) in [4.78, 5) is 19.8. The highest BCUT2D eigenvalue weighted by molar-refractivity contribution is 5.71. The molecule has 0 radical (unpaired) electrons. The van der Waals surface area contributed by atoms with Gasteiger partial charge in [0.1, 0.15) is 5.69 Å². The Morgan fingerprint density at radius 1 is 1.04 bits per heavy atom. The maximum absolute atomic E-state index is 11.6. The van der Waals surface area contributed by atoms with Gasteiger partial charge < -0.3 is 14.3 Å². The number of nitrogens with zero attached hydrogens (tertiary/aromatic N) is 5. The molecule has 138 valence electrons. The molecule has 0 unspecified atom stereocenters. The number of piperazine rings is 1. The van der Waals surface area contributed by atoms with Gasteiger partial charge in [0.05, 0.1) is 4.92 Å². The number of rotatable bonds is 4. The predicted molar refractivity (Wildman–Crippen MR) is 102 cm³/mol. The van der Waals surface area contributed by atoms with Crippen LogP contribution in [0.5, 0.6) is 0 Å². The van der Waals surface area contributed by atoms with E-state index in [4.69, 9.17) is 4.52 Å². The van der Waals surface area contributed by atoms with E-state index in [1.165, 1.54) is 11.8 Å². The summed E-state index contributed by atoms with van der Waals surface area (Å²) in [5, 5.41) is 15.4. The summed E-state index contributed by atoms with van der Waals surface area (Å²) in [6.07, 6.45) is 0. The molecule has 3 aromatic rings. The summed E-state index contributed by atoms with van der Waals surface area (Å²) in [6, 6.07) is 15.3. The van der Waals surface area contributed by atoms with Crippen molar-refractivity contribution in [3.63, 3.8) is 0 Å². The molecule has 8 nitrogen and oxygen atoms in total. The normalized spacial score (nSPS) is 14.4. The van der Waals surface area contributed by atoms with Gasteiger partial charge in [0, 0.05) is 43.5 Å². The van der Waals surface area contributed by atoms with E-state index >= 15 is 0 Å². The lowest BCUT2D eigenvalue weighted by Gasteiger charge is -2.37. The molecule has 1 aromatic heterocycles. The first-order valence-corrected chi connectivity index (χ1v) is 8.76. The Morgan fingerprint density at radius 3 is 2.37 bits per heavy atom. The second-order valence-electron chi connectivity index (χ2n) is 6.42. The van der Waals surface area contributed by atoms with Crippen molar-refractivity contribution in [2.75, 3.05) is 36.0 Å². The predicted octanol–water partition coefficient (Wildman–Crippen LogP) is 3.28. The van der Waals surface area contributed by atoms with E-state index in [2.05, 4.69) is 32.1 Å². The fourth-order valence-corrected chi connectivity index (χ4v) is 3.33. The smallest absolute Gasteiger partial charge is 0.293 e. The molecule has 1 aliphatic rings. The standard InChI is InChI=1S/C19H19N5O3/c1-14-20-19(27-21-14)15-7-8-17(18(13-15)24(25)26)23-11-9-22(10-12-23)16-5-3-2-4-6-16/h2-8,13H,9-12H2,1H3. The molecule has 0 aliphatic carbocycles. The van der Waals surface area contributed by atoms with Gasteiger partial charge in [0.25, 0.3) is 11.6 Å². The van der Waals surface area contributed by atoms with Crippen LogP contribution in [0.3, 0.4) is 0 Å². The number of benzene rings is 2. The molecule has 0 spiro atoms. The van der Waals surface area contributed by atoms with Crippen LogP contribution in [0.25, 0.3) is 11.5 Å². The van der Waals surface area contributed by atoms with Crippen LogP contribution in [0.2, 0.25) is 0 Å². The zero-order valence-corrected chi connectivity index (χ0v) is 14.9. The highest BCUT2D eigenvalue weighted by Crippen LogP contribution is 2.33. The first-order valence-electron chi connectivity index (χ1n) is 8.76. The van der Waals surface area contributed by atoms with Crippen LogP contribution in [0.4, 0.5) is 17.1 Å². The maximum Gasteiger partial charge on any atom is 0.293 e.